The lowest BCUT2D eigenvalue weighted by molar-refractivity contribution is -0.138. The molecule has 0 aliphatic carbocycles. The van der Waals surface area contributed by atoms with Gasteiger partial charge in [-0.15, -0.1) is 0 Å². The topological polar surface area (TPSA) is 37.3 Å². The van der Waals surface area contributed by atoms with Gasteiger partial charge >= 0.3 is 12.1 Å². The fraction of sp³-hybridized carbons (Fsp3) is 0.364. The van der Waals surface area contributed by atoms with E-state index in [-0.39, 0.29) is 5.92 Å². The highest BCUT2D eigenvalue weighted by atomic mass is 19.4. The largest absolute Gasteiger partial charge is 0.478 e. The predicted octanol–water partition coefficient (Wildman–Crippen LogP) is 3.53. The van der Waals surface area contributed by atoms with Gasteiger partial charge < -0.3 is 5.11 Å². The lowest BCUT2D eigenvalue weighted by Crippen LogP contribution is -2.13. The summed E-state index contributed by atoms with van der Waals surface area (Å²) in [5.74, 6) is -1.57. The number of halogens is 3. The predicted molar refractivity (Wildman–Crippen MR) is 52.5 cm³/mol. The molecule has 0 bridgehead atoms. The highest BCUT2D eigenvalue weighted by molar-refractivity contribution is 5.89. The van der Waals surface area contributed by atoms with Gasteiger partial charge in [-0.25, -0.2) is 4.79 Å². The van der Waals surface area contributed by atoms with Crippen LogP contribution in [0.2, 0.25) is 0 Å². The lowest BCUT2D eigenvalue weighted by atomic mass is 9.97. The Balaban J connectivity index is 3.37. The van der Waals surface area contributed by atoms with Crippen molar-refractivity contribution in [3.05, 3.63) is 34.9 Å². The molecule has 0 aliphatic rings. The number of aromatic carboxylic acids is 1. The van der Waals surface area contributed by atoms with E-state index in [2.05, 4.69) is 0 Å². The standard InChI is InChI=1S/C11H11F3O2/c1-6(2)7-3-4-9(11(12,13)14)8(5-7)10(15)16/h3-6H,1-2H3,(H,15,16). The number of hydrogen-bond donors (Lipinski definition) is 1. The molecule has 1 N–H and O–H groups in total. The molecule has 0 saturated carbocycles. The van der Waals surface area contributed by atoms with Crippen molar-refractivity contribution < 1.29 is 23.1 Å². The summed E-state index contributed by atoms with van der Waals surface area (Å²) in [4.78, 5) is 10.7. The van der Waals surface area contributed by atoms with Gasteiger partial charge in [0.2, 0.25) is 0 Å². The molecule has 1 aromatic rings. The summed E-state index contributed by atoms with van der Waals surface area (Å²) in [5.41, 5.74) is -1.23. The molecule has 0 aliphatic heterocycles. The Bertz CT molecular complexity index is 408. The number of alkyl halides is 3. The van der Waals surface area contributed by atoms with Gasteiger partial charge in [0.15, 0.2) is 0 Å². The Morgan fingerprint density at radius 1 is 1.31 bits per heavy atom. The van der Waals surface area contributed by atoms with Crippen molar-refractivity contribution in [1.82, 2.24) is 0 Å². The third kappa shape index (κ3) is 2.53. The highest BCUT2D eigenvalue weighted by Gasteiger charge is 2.35. The fourth-order valence-electron chi connectivity index (χ4n) is 1.35. The maximum Gasteiger partial charge on any atom is 0.417 e. The maximum absolute atomic E-state index is 12.5. The van der Waals surface area contributed by atoms with E-state index in [0.717, 1.165) is 12.1 Å². The minimum atomic E-state index is -4.64. The molecule has 1 rings (SSSR count). The molecule has 0 radical (unpaired) electrons. The zero-order valence-corrected chi connectivity index (χ0v) is 8.80. The van der Waals surface area contributed by atoms with Gasteiger partial charge in [0.25, 0.3) is 0 Å². The Kier molecular flexibility index (Phi) is 3.26. The van der Waals surface area contributed by atoms with Crippen LogP contribution in [0.4, 0.5) is 13.2 Å². The van der Waals surface area contributed by atoms with Gasteiger partial charge in [-0.3, -0.25) is 0 Å². The zero-order chi connectivity index (χ0) is 12.5. The third-order valence-electron chi connectivity index (χ3n) is 2.25. The van der Waals surface area contributed by atoms with Gasteiger partial charge in [0.1, 0.15) is 0 Å². The summed E-state index contributed by atoms with van der Waals surface area (Å²) in [6, 6.07) is 3.20. The van der Waals surface area contributed by atoms with Crippen molar-refractivity contribution in [1.29, 1.82) is 0 Å². The van der Waals surface area contributed by atoms with Gasteiger partial charge in [-0.2, -0.15) is 13.2 Å². The first kappa shape index (κ1) is 12.5. The molecule has 5 heteroatoms. The Hall–Kier alpha value is -1.52. The van der Waals surface area contributed by atoms with Crippen molar-refractivity contribution in [2.24, 2.45) is 0 Å². The van der Waals surface area contributed by atoms with Gasteiger partial charge in [-0.05, 0) is 23.6 Å². The molecule has 0 unspecified atom stereocenters. The highest BCUT2D eigenvalue weighted by Crippen LogP contribution is 2.33. The summed E-state index contributed by atoms with van der Waals surface area (Å²) >= 11 is 0. The van der Waals surface area contributed by atoms with E-state index in [9.17, 15) is 18.0 Å². The maximum atomic E-state index is 12.5. The van der Waals surface area contributed by atoms with Crippen LogP contribution in [0.5, 0.6) is 0 Å². The second-order valence-corrected chi connectivity index (χ2v) is 3.76. The molecule has 88 valence electrons. The first-order valence-corrected chi connectivity index (χ1v) is 4.68. The first-order valence-electron chi connectivity index (χ1n) is 4.68. The Morgan fingerprint density at radius 2 is 1.88 bits per heavy atom. The average molecular weight is 232 g/mol. The summed E-state index contributed by atoms with van der Waals surface area (Å²) < 4.78 is 37.4. The van der Waals surface area contributed by atoms with Crippen molar-refractivity contribution >= 4 is 5.97 Å². The van der Waals surface area contributed by atoms with E-state index >= 15 is 0 Å². The normalized spacial score (nSPS) is 11.9. The molecule has 1 aromatic carbocycles. The molecule has 2 nitrogen and oxygen atoms in total. The van der Waals surface area contributed by atoms with E-state index in [1.807, 2.05) is 0 Å². The van der Waals surface area contributed by atoms with Crippen LogP contribution in [0, 0.1) is 0 Å². The smallest absolute Gasteiger partial charge is 0.417 e. The van der Waals surface area contributed by atoms with Crippen molar-refractivity contribution in [2.45, 2.75) is 25.9 Å². The van der Waals surface area contributed by atoms with Gasteiger partial charge in [0, 0.05) is 0 Å². The van der Waals surface area contributed by atoms with Crippen LogP contribution in [0.25, 0.3) is 0 Å². The summed E-state index contributed by atoms with van der Waals surface area (Å²) in [5, 5.41) is 8.74. The Morgan fingerprint density at radius 3 is 2.25 bits per heavy atom. The van der Waals surface area contributed by atoms with E-state index in [1.54, 1.807) is 13.8 Å². The summed E-state index contributed by atoms with van der Waals surface area (Å²) in [6.45, 7) is 3.57. The zero-order valence-electron chi connectivity index (χ0n) is 8.80. The monoisotopic (exact) mass is 232 g/mol. The van der Waals surface area contributed by atoms with Crippen molar-refractivity contribution in [3.8, 4) is 0 Å². The summed E-state index contributed by atoms with van der Waals surface area (Å²) in [6.07, 6.45) is -4.64. The second kappa shape index (κ2) is 4.15. The van der Waals surface area contributed by atoms with Crippen LogP contribution in [0.1, 0.15) is 41.3 Å². The third-order valence-corrected chi connectivity index (χ3v) is 2.25. The quantitative estimate of drug-likeness (QED) is 0.846. The molecular weight excluding hydrogens is 221 g/mol. The van der Waals surface area contributed by atoms with Crippen LogP contribution < -0.4 is 0 Å². The SMILES string of the molecule is CC(C)c1ccc(C(F)(F)F)c(C(=O)O)c1. The van der Waals surface area contributed by atoms with E-state index in [4.69, 9.17) is 5.11 Å². The number of carboxylic acid groups (broad SMARTS) is 1. The molecule has 0 fully saturated rings. The molecule has 0 atom stereocenters. The molecule has 0 aromatic heterocycles. The number of rotatable bonds is 2. The van der Waals surface area contributed by atoms with Gasteiger partial charge in [-0.1, -0.05) is 19.9 Å². The Labute approximate surface area is 90.7 Å². The first-order chi connectivity index (χ1) is 7.23. The van der Waals surface area contributed by atoms with Crippen molar-refractivity contribution in [3.63, 3.8) is 0 Å². The molecule has 0 saturated heterocycles. The fourth-order valence-corrected chi connectivity index (χ4v) is 1.35. The molecule has 0 heterocycles. The molecule has 0 amide bonds. The number of benzene rings is 1. The van der Waals surface area contributed by atoms with E-state index in [1.165, 1.54) is 6.07 Å². The number of carboxylic acids is 1. The van der Waals surface area contributed by atoms with Crippen LogP contribution in [0.3, 0.4) is 0 Å². The molecule has 16 heavy (non-hydrogen) atoms. The van der Waals surface area contributed by atoms with Gasteiger partial charge in [0.05, 0.1) is 11.1 Å². The number of hydrogen-bond acceptors (Lipinski definition) is 1. The summed E-state index contributed by atoms with van der Waals surface area (Å²) in [7, 11) is 0. The minimum absolute atomic E-state index is 0.0135. The van der Waals surface area contributed by atoms with Crippen LogP contribution in [-0.4, -0.2) is 11.1 Å². The molecule has 0 spiro atoms. The molecular formula is C11H11F3O2. The van der Waals surface area contributed by atoms with Crippen LogP contribution in [0.15, 0.2) is 18.2 Å². The lowest BCUT2D eigenvalue weighted by Gasteiger charge is -2.13. The van der Waals surface area contributed by atoms with Crippen LogP contribution in [-0.2, 0) is 6.18 Å². The van der Waals surface area contributed by atoms with Crippen LogP contribution >= 0.6 is 0 Å². The van der Waals surface area contributed by atoms with E-state index < -0.39 is 23.3 Å². The number of carbonyl (C=O) groups is 1. The minimum Gasteiger partial charge on any atom is -0.478 e. The van der Waals surface area contributed by atoms with E-state index in [0.29, 0.717) is 5.56 Å². The second-order valence-electron chi connectivity index (χ2n) is 3.76. The van der Waals surface area contributed by atoms with Crippen molar-refractivity contribution in [2.75, 3.05) is 0 Å². The average Bonchev–Trinajstić information content (AvgIpc) is 2.15.